The van der Waals surface area contributed by atoms with Crippen LogP contribution in [0.3, 0.4) is 0 Å². The molecule has 1 N–H and O–H groups in total. The molecule has 0 aliphatic carbocycles. The van der Waals surface area contributed by atoms with Crippen LogP contribution in [0.1, 0.15) is 10.4 Å². The lowest BCUT2D eigenvalue weighted by atomic mass is 10.2. The maximum atomic E-state index is 13.0. The van der Waals surface area contributed by atoms with Gasteiger partial charge >= 0.3 is 0 Å². The van der Waals surface area contributed by atoms with Crippen molar-refractivity contribution in [3.63, 3.8) is 0 Å². The van der Waals surface area contributed by atoms with Gasteiger partial charge in [0.1, 0.15) is 10.6 Å². The summed E-state index contributed by atoms with van der Waals surface area (Å²) in [4.78, 5) is 16.4. The number of rotatable bonds is 6. The Morgan fingerprint density at radius 3 is 2.50 bits per heavy atom. The number of hydrogen-bond donors (Lipinski definition) is 1. The summed E-state index contributed by atoms with van der Waals surface area (Å²) in [6, 6.07) is 7.60. The number of ether oxygens (including phenoxy) is 3. The highest BCUT2D eigenvalue weighted by molar-refractivity contribution is 7.89. The minimum atomic E-state index is -3.79. The number of pyridine rings is 1. The summed E-state index contributed by atoms with van der Waals surface area (Å²) in [5.74, 6) is 0.172. The number of benzene rings is 1. The van der Waals surface area contributed by atoms with Crippen LogP contribution < -0.4 is 14.8 Å². The smallest absolute Gasteiger partial charge is 0.257 e. The van der Waals surface area contributed by atoms with Crippen LogP contribution in [0.15, 0.2) is 41.4 Å². The molecule has 0 bridgehead atoms. The van der Waals surface area contributed by atoms with Crippen LogP contribution in [0.25, 0.3) is 0 Å². The van der Waals surface area contributed by atoms with Gasteiger partial charge in [-0.3, -0.25) is 4.79 Å². The fourth-order valence-corrected chi connectivity index (χ4v) is 4.31. The van der Waals surface area contributed by atoms with Gasteiger partial charge in [0, 0.05) is 31.0 Å². The molecular formula is C18H21N3O6S. The van der Waals surface area contributed by atoms with Crippen molar-refractivity contribution in [2.75, 3.05) is 45.8 Å². The molecule has 2 aromatic rings. The minimum Gasteiger partial charge on any atom is -0.495 e. The number of amides is 1. The molecule has 10 heteroatoms. The van der Waals surface area contributed by atoms with E-state index < -0.39 is 15.9 Å². The van der Waals surface area contributed by atoms with Gasteiger partial charge in [0.25, 0.3) is 5.91 Å². The zero-order valence-corrected chi connectivity index (χ0v) is 16.4. The number of sulfonamides is 1. The summed E-state index contributed by atoms with van der Waals surface area (Å²) in [6.07, 6.45) is 1.38. The van der Waals surface area contributed by atoms with Crippen molar-refractivity contribution in [3.05, 3.63) is 42.1 Å². The predicted octanol–water partition coefficient (Wildman–Crippen LogP) is 1.37. The molecule has 1 aromatic heterocycles. The molecule has 1 amide bonds. The van der Waals surface area contributed by atoms with Gasteiger partial charge in [-0.15, -0.1) is 0 Å². The normalized spacial score (nSPS) is 15.1. The molecule has 28 heavy (non-hydrogen) atoms. The number of nitrogens with one attached hydrogen (secondary N) is 1. The molecule has 0 spiro atoms. The Morgan fingerprint density at radius 1 is 1.14 bits per heavy atom. The van der Waals surface area contributed by atoms with Crippen LogP contribution in [-0.2, 0) is 14.8 Å². The van der Waals surface area contributed by atoms with E-state index in [9.17, 15) is 13.2 Å². The summed E-state index contributed by atoms with van der Waals surface area (Å²) < 4.78 is 42.7. The first-order chi connectivity index (χ1) is 13.5. The van der Waals surface area contributed by atoms with E-state index in [2.05, 4.69) is 10.3 Å². The zero-order chi connectivity index (χ0) is 20.1. The summed E-state index contributed by atoms with van der Waals surface area (Å²) in [5, 5.41) is 2.68. The third-order valence-corrected chi connectivity index (χ3v) is 6.14. The first-order valence-electron chi connectivity index (χ1n) is 8.53. The van der Waals surface area contributed by atoms with Crippen molar-refractivity contribution in [1.29, 1.82) is 0 Å². The molecule has 0 radical (unpaired) electrons. The van der Waals surface area contributed by atoms with Crippen LogP contribution in [0.2, 0.25) is 0 Å². The quantitative estimate of drug-likeness (QED) is 0.771. The molecule has 0 saturated carbocycles. The van der Waals surface area contributed by atoms with Crippen LogP contribution in [-0.4, -0.2) is 64.1 Å². The second-order valence-corrected chi connectivity index (χ2v) is 7.83. The van der Waals surface area contributed by atoms with E-state index in [0.717, 1.165) is 0 Å². The number of hydrogen-bond acceptors (Lipinski definition) is 7. The SMILES string of the molecule is COc1ccc(C(=O)Nc2ccc(OC)c(S(=O)(=O)N3CCOCC3)c2)cn1. The minimum absolute atomic E-state index is 0.0115. The molecule has 0 unspecified atom stereocenters. The maximum Gasteiger partial charge on any atom is 0.257 e. The molecular weight excluding hydrogens is 386 g/mol. The second kappa shape index (κ2) is 8.55. The number of methoxy groups -OCH3 is 2. The summed E-state index contributed by atoms with van der Waals surface area (Å²) in [7, 11) is -0.909. The van der Waals surface area contributed by atoms with E-state index in [-0.39, 0.29) is 23.7 Å². The topological polar surface area (TPSA) is 107 Å². The third kappa shape index (κ3) is 4.24. The molecule has 1 saturated heterocycles. The number of carbonyl (C=O) groups excluding carboxylic acids is 1. The van der Waals surface area contributed by atoms with Crippen LogP contribution >= 0.6 is 0 Å². The fraction of sp³-hybridized carbons (Fsp3) is 0.333. The Balaban J connectivity index is 1.86. The molecule has 1 aromatic carbocycles. The van der Waals surface area contributed by atoms with Gasteiger partial charge < -0.3 is 19.5 Å². The predicted molar refractivity (Wildman–Crippen MR) is 101 cm³/mol. The second-order valence-electron chi connectivity index (χ2n) is 5.93. The highest BCUT2D eigenvalue weighted by atomic mass is 32.2. The molecule has 3 rings (SSSR count). The lowest BCUT2D eigenvalue weighted by molar-refractivity contribution is 0.0729. The zero-order valence-electron chi connectivity index (χ0n) is 15.5. The molecule has 1 fully saturated rings. The Bertz CT molecular complexity index is 940. The number of aromatic nitrogens is 1. The number of morpholine rings is 1. The number of carbonyl (C=O) groups is 1. The van der Waals surface area contributed by atoms with Crippen molar-refractivity contribution >= 4 is 21.6 Å². The molecule has 9 nitrogen and oxygen atoms in total. The van der Waals surface area contributed by atoms with Crippen LogP contribution in [0.4, 0.5) is 5.69 Å². The van der Waals surface area contributed by atoms with E-state index in [0.29, 0.717) is 30.3 Å². The lowest BCUT2D eigenvalue weighted by Gasteiger charge is -2.26. The Morgan fingerprint density at radius 2 is 1.89 bits per heavy atom. The summed E-state index contributed by atoms with van der Waals surface area (Å²) >= 11 is 0. The van der Waals surface area contributed by atoms with Crippen molar-refractivity contribution in [2.24, 2.45) is 0 Å². The monoisotopic (exact) mass is 407 g/mol. The molecule has 1 aliphatic rings. The number of nitrogens with zero attached hydrogens (tertiary/aromatic N) is 2. The fourth-order valence-electron chi connectivity index (χ4n) is 2.72. The van der Waals surface area contributed by atoms with Gasteiger partial charge in [-0.2, -0.15) is 4.31 Å². The molecule has 2 heterocycles. The van der Waals surface area contributed by atoms with Crippen molar-refractivity contribution < 1.29 is 27.4 Å². The first kappa shape index (κ1) is 20.1. The number of anilines is 1. The molecule has 150 valence electrons. The van der Waals surface area contributed by atoms with Gasteiger partial charge in [-0.25, -0.2) is 13.4 Å². The van der Waals surface area contributed by atoms with Crippen molar-refractivity contribution in [1.82, 2.24) is 9.29 Å². The third-order valence-electron chi connectivity index (χ3n) is 4.22. The summed E-state index contributed by atoms with van der Waals surface area (Å²) in [6.45, 7) is 1.20. The Kier molecular flexibility index (Phi) is 6.12. The standard InChI is InChI=1S/C18H21N3O6S/c1-25-15-5-4-14(20-18(22)13-3-6-17(26-2)19-12-13)11-16(15)28(23,24)21-7-9-27-10-8-21/h3-6,11-12H,7-10H2,1-2H3,(H,20,22). The lowest BCUT2D eigenvalue weighted by Crippen LogP contribution is -2.40. The van der Waals surface area contributed by atoms with Crippen LogP contribution in [0, 0.1) is 0 Å². The Labute approximate surface area is 163 Å². The average molecular weight is 407 g/mol. The first-order valence-corrected chi connectivity index (χ1v) is 9.97. The highest BCUT2D eigenvalue weighted by Crippen LogP contribution is 2.30. The average Bonchev–Trinajstić information content (AvgIpc) is 2.74. The van der Waals surface area contributed by atoms with E-state index in [4.69, 9.17) is 14.2 Å². The van der Waals surface area contributed by atoms with Crippen LogP contribution in [0.5, 0.6) is 11.6 Å². The van der Waals surface area contributed by atoms with E-state index >= 15 is 0 Å². The van der Waals surface area contributed by atoms with Crippen molar-refractivity contribution in [2.45, 2.75) is 4.90 Å². The van der Waals surface area contributed by atoms with E-state index in [1.807, 2.05) is 0 Å². The van der Waals surface area contributed by atoms with E-state index in [1.165, 1.54) is 36.9 Å². The largest absolute Gasteiger partial charge is 0.495 e. The highest BCUT2D eigenvalue weighted by Gasteiger charge is 2.29. The van der Waals surface area contributed by atoms with Gasteiger partial charge in [-0.05, 0) is 24.3 Å². The van der Waals surface area contributed by atoms with Gasteiger partial charge in [0.2, 0.25) is 15.9 Å². The van der Waals surface area contributed by atoms with Gasteiger partial charge in [0.15, 0.2) is 0 Å². The van der Waals surface area contributed by atoms with Gasteiger partial charge in [0.05, 0.1) is 33.0 Å². The van der Waals surface area contributed by atoms with Gasteiger partial charge in [-0.1, -0.05) is 0 Å². The maximum absolute atomic E-state index is 13.0. The molecule has 1 aliphatic heterocycles. The Hall–Kier alpha value is -2.69. The molecule has 0 atom stereocenters. The summed E-state index contributed by atoms with van der Waals surface area (Å²) in [5.41, 5.74) is 0.641. The van der Waals surface area contributed by atoms with E-state index in [1.54, 1.807) is 18.2 Å². The van der Waals surface area contributed by atoms with Crippen molar-refractivity contribution in [3.8, 4) is 11.6 Å².